The molecule has 0 aliphatic carbocycles. The van der Waals surface area contributed by atoms with Crippen LogP contribution in [0.2, 0.25) is 0 Å². The van der Waals surface area contributed by atoms with Crippen LogP contribution in [0.1, 0.15) is 24.1 Å². The Morgan fingerprint density at radius 3 is 2.58 bits per heavy atom. The molecule has 1 atom stereocenters. The summed E-state index contributed by atoms with van der Waals surface area (Å²) in [5.41, 5.74) is 8.91. The van der Waals surface area contributed by atoms with Crippen LogP contribution in [0.25, 0.3) is 10.9 Å². The quantitative estimate of drug-likeness (QED) is 0.898. The second kappa shape index (κ2) is 4.70. The second-order valence-corrected chi connectivity index (χ2v) is 5.02. The molecule has 3 rings (SSSR count). The van der Waals surface area contributed by atoms with Gasteiger partial charge in [0.1, 0.15) is 13.2 Å². The van der Waals surface area contributed by atoms with Gasteiger partial charge in [-0.1, -0.05) is 6.92 Å². The van der Waals surface area contributed by atoms with E-state index in [1.54, 1.807) is 0 Å². The fourth-order valence-corrected chi connectivity index (χ4v) is 2.44. The molecule has 0 saturated heterocycles. The first-order valence-corrected chi connectivity index (χ1v) is 6.60. The maximum atomic E-state index is 5.74. The second-order valence-electron chi connectivity index (χ2n) is 5.02. The lowest BCUT2D eigenvalue weighted by Gasteiger charge is -2.19. The number of benzene rings is 1. The lowest BCUT2D eigenvalue weighted by atomic mass is 10.0. The van der Waals surface area contributed by atoms with Crippen LogP contribution < -0.4 is 15.2 Å². The third-order valence-electron chi connectivity index (χ3n) is 3.53. The van der Waals surface area contributed by atoms with Crippen molar-refractivity contribution in [2.45, 2.75) is 19.8 Å². The van der Waals surface area contributed by atoms with Gasteiger partial charge in [-0.25, -0.2) is 0 Å². The molecule has 1 aliphatic rings. The first-order valence-electron chi connectivity index (χ1n) is 6.60. The van der Waals surface area contributed by atoms with Gasteiger partial charge >= 0.3 is 0 Å². The average Bonchev–Trinajstić information content (AvgIpc) is 2.43. The van der Waals surface area contributed by atoms with Gasteiger partial charge in [0.05, 0.1) is 5.52 Å². The summed E-state index contributed by atoms with van der Waals surface area (Å²) < 4.78 is 11.2. The largest absolute Gasteiger partial charge is 0.486 e. The average molecular weight is 258 g/mol. The van der Waals surface area contributed by atoms with E-state index >= 15 is 0 Å². The van der Waals surface area contributed by atoms with Crippen LogP contribution in [0.3, 0.4) is 0 Å². The maximum Gasteiger partial charge on any atom is 0.163 e. The molecule has 2 heterocycles. The Morgan fingerprint density at radius 2 is 1.89 bits per heavy atom. The number of nitrogens with zero attached hydrogens (tertiary/aromatic N) is 1. The Morgan fingerprint density at radius 1 is 1.21 bits per heavy atom. The third kappa shape index (κ3) is 2.12. The molecule has 2 aromatic rings. The highest BCUT2D eigenvalue weighted by Crippen LogP contribution is 2.35. The third-order valence-corrected chi connectivity index (χ3v) is 3.53. The van der Waals surface area contributed by atoms with Gasteiger partial charge in [0.15, 0.2) is 11.5 Å². The highest BCUT2D eigenvalue weighted by atomic mass is 16.6. The van der Waals surface area contributed by atoms with Gasteiger partial charge in [-0.05, 0) is 24.6 Å². The van der Waals surface area contributed by atoms with Gasteiger partial charge < -0.3 is 15.2 Å². The van der Waals surface area contributed by atoms with Gasteiger partial charge in [-0.15, -0.1) is 0 Å². The van der Waals surface area contributed by atoms with Gasteiger partial charge in [-0.3, -0.25) is 4.98 Å². The van der Waals surface area contributed by atoms with Crippen LogP contribution in [-0.4, -0.2) is 24.7 Å². The van der Waals surface area contributed by atoms with Crippen LogP contribution in [0.15, 0.2) is 18.2 Å². The molecule has 0 radical (unpaired) electrons. The molecule has 100 valence electrons. The summed E-state index contributed by atoms with van der Waals surface area (Å²) in [4.78, 5) is 4.74. The van der Waals surface area contributed by atoms with Crippen LogP contribution in [0, 0.1) is 6.92 Å². The minimum absolute atomic E-state index is 0.262. The number of hydrogen-bond acceptors (Lipinski definition) is 4. The Labute approximate surface area is 112 Å². The highest BCUT2D eigenvalue weighted by Gasteiger charge is 2.15. The molecule has 4 nitrogen and oxygen atoms in total. The minimum atomic E-state index is 0.262. The Bertz CT molecular complexity index is 625. The smallest absolute Gasteiger partial charge is 0.163 e. The van der Waals surface area contributed by atoms with Gasteiger partial charge in [0, 0.05) is 29.6 Å². The van der Waals surface area contributed by atoms with Crippen molar-refractivity contribution >= 4 is 10.9 Å². The molecule has 2 N–H and O–H groups in total. The number of aromatic nitrogens is 1. The van der Waals surface area contributed by atoms with E-state index in [2.05, 4.69) is 19.9 Å². The summed E-state index contributed by atoms with van der Waals surface area (Å²) in [7, 11) is 0. The first kappa shape index (κ1) is 12.2. The van der Waals surface area contributed by atoms with E-state index in [-0.39, 0.29) is 5.92 Å². The van der Waals surface area contributed by atoms with Crippen molar-refractivity contribution < 1.29 is 9.47 Å². The SMILES string of the molecule is Cc1cc2cc3c(cc2nc1C(C)CN)OCCO3. The number of ether oxygens (including phenoxy) is 2. The molecule has 4 heteroatoms. The van der Waals surface area contributed by atoms with Crippen molar-refractivity contribution in [2.75, 3.05) is 19.8 Å². The standard InChI is InChI=1S/C15H18N2O2/c1-9-5-11-6-13-14(19-4-3-18-13)7-12(11)17-15(9)10(2)8-16/h5-7,10H,3-4,8,16H2,1-2H3. The van der Waals surface area contributed by atoms with E-state index in [4.69, 9.17) is 20.2 Å². The topological polar surface area (TPSA) is 57.4 Å². The number of pyridine rings is 1. The van der Waals surface area contributed by atoms with E-state index in [9.17, 15) is 0 Å². The predicted octanol–water partition coefficient (Wildman–Crippen LogP) is 2.38. The van der Waals surface area contributed by atoms with Crippen molar-refractivity contribution in [3.63, 3.8) is 0 Å². The van der Waals surface area contributed by atoms with Crippen LogP contribution in [-0.2, 0) is 0 Å². The lowest BCUT2D eigenvalue weighted by Crippen LogP contribution is -2.15. The van der Waals surface area contributed by atoms with Crippen molar-refractivity contribution in [1.82, 2.24) is 4.98 Å². The maximum absolute atomic E-state index is 5.74. The molecule has 1 aromatic heterocycles. The van der Waals surface area contributed by atoms with Crippen molar-refractivity contribution in [3.8, 4) is 11.5 Å². The molecular weight excluding hydrogens is 240 g/mol. The van der Waals surface area contributed by atoms with E-state index < -0.39 is 0 Å². The highest BCUT2D eigenvalue weighted by molar-refractivity contribution is 5.83. The minimum Gasteiger partial charge on any atom is -0.486 e. The lowest BCUT2D eigenvalue weighted by molar-refractivity contribution is 0.172. The number of hydrogen-bond donors (Lipinski definition) is 1. The molecule has 0 saturated carbocycles. The predicted molar refractivity (Wildman–Crippen MR) is 74.9 cm³/mol. The number of aryl methyl sites for hydroxylation is 1. The van der Waals surface area contributed by atoms with Gasteiger partial charge in [0.25, 0.3) is 0 Å². The Balaban J connectivity index is 2.17. The molecule has 0 spiro atoms. The van der Waals surface area contributed by atoms with Crippen molar-refractivity contribution in [2.24, 2.45) is 5.73 Å². The zero-order chi connectivity index (χ0) is 13.4. The first-order chi connectivity index (χ1) is 9.19. The molecule has 0 fully saturated rings. The molecule has 0 amide bonds. The zero-order valence-corrected chi connectivity index (χ0v) is 11.3. The summed E-state index contributed by atoms with van der Waals surface area (Å²) >= 11 is 0. The monoisotopic (exact) mass is 258 g/mol. The Hall–Kier alpha value is -1.81. The molecule has 19 heavy (non-hydrogen) atoms. The molecule has 1 unspecified atom stereocenters. The summed E-state index contributed by atoms with van der Waals surface area (Å²) in [6, 6.07) is 6.10. The number of nitrogens with two attached hydrogens (primary N) is 1. The number of fused-ring (bicyclic) bond motifs is 2. The van der Waals surface area contributed by atoms with E-state index in [1.165, 1.54) is 5.56 Å². The van der Waals surface area contributed by atoms with Crippen molar-refractivity contribution in [1.29, 1.82) is 0 Å². The summed E-state index contributed by atoms with van der Waals surface area (Å²) in [5, 5.41) is 1.08. The summed E-state index contributed by atoms with van der Waals surface area (Å²) in [6.45, 7) is 5.97. The zero-order valence-electron chi connectivity index (χ0n) is 11.3. The van der Waals surface area contributed by atoms with E-state index in [0.717, 1.165) is 28.1 Å². The van der Waals surface area contributed by atoms with Crippen LogP contribution in [0.4, 0.5) is 0 Å². The van der Waals surface area contributed by atoms with Crippen LogP contribution in [0.5, 0.6) is 11.5 Å². The van der Waals surface area contributed by atoms with Gasteiger partial charge in [0.2, 0.25) is 0 Å². The van der Waals surface area contributed by atoms with E-state index in [1.807, 2.05) is 12.1 Å². The fourth-order valence-electron chi connectivity index (χ4n) is 2.44. The summed E-state index contributed by atoms with van der Waals surface area (Å²) in [6.07, 6.45) is 0. The molecule has 1 aromatic carbocycles. The fraction of sp³-hybridized carbons (Fsp3) is 0.400. The molecule has 0 bridgehead atoms. The Kier molecular flexibility index (Phi) is 3.03. The van der Waals surface area contributed by atoms with Crippen LogP contribution >= 0.6 is 0 Å². The normalized spacial score (nSPS) is 15.5. The molecular formula is C15H18N2O2. The molecule has 1 aliphatic heterocycles. The number of rotatable bonds is 2. The van der Waals surface area contributed by atoms with Gasteiger partial charge in [-0.2, -0.15) is 0 Å². The van der Waals surface area contributed by atoms with E-state index in [0.29, 0.717) is 19.8 Å². The summed E-state index contributed by atoms with van der Waals surface area (Å²) in [5.74, 6) is 1.85. The van der Waals surface area contributed by atoms with Crippen molar-refractivity contribution in [3.05, 3.63) is 29.5 Å².